The number of carbonyl (C=O) groups is 3. The molecule has 0 aliphatic carbocycles. The van der Waals surface area contributed by atoms with Crippen molar-refractivity contribution in [2.24, 2.45) is 0 Å². The molecule has 1 aromatic heterocycles. The lowest BCUT2D eigenvalue weighted by molar-refractivity contribution is -0.148. The Morgan fingerprint density at radius 3 is 2.48 bits per heavy atom. The predicted octanol–water partition coefficient (Wildman–Crippen LogP) is 1.02. The van der Waals surface area contributed by atoms with Gasteiger partial charge in [0, 0.05) is 13.6 Å². The maximum absolute atomic E-state index is 12.0. The average Bonchev–Trinajstić information content (AvgIpc) is 2.72. The van der Waals surface area contributed by atoms with Crippen molar-refractivity contribution < 1.29 is 23.9 Å². The van der Waals surface area contributed by atoms with E-state index < -0.39 is 18.0 Å². The Morgan fingerprint density at radius 1 is 1.21 bits per heavy atom. The van der Waals surface area contributed by atoms with Crippen LogP contribution in [0.15, 0.2) is 30.3 Å². The first-order chi connectivity index (χ1) is 13.9. The molecule has 2 rings (SSSR count). The van der Waals surface area contributed by atoms with Gasteiger partial charge in [-0.3, -0.25) is 9.59 Å². The normalized spacial score (nSPS) is 11.3. The van der Waals surface area contributed by atoms with Gasteiger partial charge in [-0.05, 0) is 5.56 Å². The van der Waals surface area contributed by atoms with Crippen LogP contribution < -0.4 is 16.0 Å². The molecule has 3 N–H and O–H groups in total. The lowest BCUT2D eigenvalue weighted by Gasteiger charge is -2.23. The molecule has 0 saturated heterocycles. The van der Waals surface area contributed by atoms with Gasteiger partial charge >= 0.3 is 11.9 Å². The fourth-order valence-electron chi connectivity index (χ4n) is 2.67. The van der Waals surface area contributed by atoms with Gasteiger partial charge in [-0.25, -0.2) is 4.79 Å². The second-order valence-corrected chi connectivity index (χ2v) is 6.13. The number of aromatic nitrogens is 2. The highest BCUT2D eigenvalue weighted by molar-refractivity contribution is 5.92. The van der Waals surface area contributed by atoms with Gasteiger partial charge in [-0.2, -0.15) is 9.97 Å². The zero-order valence-corrected chi connectivity index (χ0v) is 16.4. The third-order valence-corrected chi connectivity index (χ3v) is 4.08. The standard InChI is InChI=1S/C19H23N5O5/c1-24(10-12-7-5-4-6-8-12)17-13(11-25)16(22-19(20)23-17)21-14(18(27)29-3)9-15(26)28-2/h4-8,11,14H,9-10H2,1-3H3,(H3,20,21,22,23)/t14-/m0/s1. The third-order valence-electron chi connectivity index (χ3n) is 4.08. The first-order valence-corrected chi connectivity index (χ1v) is 8.68. The first kappa shape index (κ1) is 21.6. The second-order valence-electron chi connectivity index (χ2n) is 6.13. The molecule has 0 amide bonds. The Labute approximate surface area is 168 Å². The van der Waals surface area contributed by atoms with E-state index in [0.717, 1.165) is 5.56 Å². The van der Waals surface area contributed by atoms with Gasteiger partial charge in [0.15, 0.2) is 6.29 Å². The van der Waals surface area contributed by atoms with Crippen molar-refractivity contribution in [2.75, 3.05) is 37.2 Å². The number of nitrogens with one attached hydrogen (secondary N) is 1. The van der Waals surface area contributed by atoms with E-state index in [1.54, 1.807) is 11.9 Å². The van der Waals surface area contributed by atoms with Crippen molar-refractivity contribution in [1.29, 1.82) is 0 Å². The van der Waals surface area contributed by atoms with Crippen LogP contribution in [-0.4, -0.2) is 55.5 Å². The zero-order valence-electron chi connectivity index (χ0n) is 16.4. The number of hydrogen-bond donors (Lipinski definition) is 2. The minimum atomic E-state index is -1.12. The number of ether oxygens (including phenoxy) is 2. The van der Waals surface area contributed by atoms with Crippen LogP contribution in [0.4, 0.5) is 17.6 Å². The van der Waals surface area contributed by atoms with Gasteiger partial charge in [-0.15, -0.1) is 0 Å². The van der Waals surface area contributed by atoms with Gasteiger partial charge < -0.3 is 25.4 Å². The summed E-state index contributed by atoms with van der Waals surface area (Å²) in [4.78, 5) is 45.4. The molecule has 0 radical (unpaired) electrons. The summed E-state index contributed by atoms with van der Waals surface area (Å²) in [5.41, 5.74) is 6.90. The summed E-state index contributed by atoms with van der Waals surface area (Å²) >= 11 is 0. The van der Waals surface area contributed by atoms with E-state index in [-0.39, 0.29) is 29.6 Å². The van der Waals surface area contributed by atoms with E-state index in [0.29, 0.717) is 12.8 Å². The molecule has 0 aliphatic heterocycles. The summed E-state index contributed by atoms with van der Waals surface area (Å²) in [6.07, 6.45) is 0.242. The van der Waals surface area contributed by atoms with Crippen LogP contribution in [0.1, 0.15) is 22.3 Å². The quantitative estimate of drug-likeness (QED) is 0.463. The third kappa shape index (κ3) is 5.64. The summed E-state index contributed by atoms with van der Waals surface area (Å²) in [7, 11) is 4.13. The van der Waals surface area contributed by atoms with Crippen molar-refractivity contribution >= 4 is 35.8 Å². The Morgan fingerprint density at radius 2 is 1.90 bits per heavy atom. The smallest absolute Gasteiger partial charge is 0.328 e. The van der Waals surface area contributed by atoms with Gasteiger partial charge in [0.2, 0.25) is 5.95 Å². The monoisotopic (exact) mass is 401 g/mol. The van der Waals surface area contributed by atoms with Gasteiger partial charge in [0.25, 0.3) is 0 Å². The summed E-state index contributed by atoms with van der Waals surface area (Å²) < 4.78 is 9.31. The molecule has 0 bridgehead atoms. The molecule has 0 fully saturated rings. The molecular formula is C19H23N5O5. The highest BCUT2D eigenvalue weighted by Gasteiger charge is 2.26. The van der Waals surface area contributed by atoms with E-state index in [2.05, 4.69) is 20.0 Å². The second kappa shape index (κ2) is 10.0. The number of hydrogen-bond acceptors (Lipinski definition) is 10. The zero-order chi connectivity index (χ0) is 21.4. The highest BCUT2D eigenvalue weighted by atomic mass is 16.5. The fourth-order valence-corrected chi connectivity index (χ4v) is 2.67. The van der Waals surface area contributed by atoms with E-state index >= 15 is 0 Å². The summed E-state index contributed by atoms with van der Waals surface area (Å²) in [6.45, 7) is 0.458. The molecule has 0 saturated carbocycles. The lowest BCUT2D eigenvalue weighted by atomic mass is 10.1. The van der Waals surface area contributed by atoms with E-state index in [9.17, 15) is 14.4 Å². The van der Waals surface area contributed by atoms with E-state index in [1.807, 2.05) is 30.3 Å². The molecule has 0 unspecified atom stereocenters. The lowest BCUT2D eigenvalue weighted by Crippen LogP contribution is -2.34. The molecule has 2 aromatic rings. The van der Waals surface area contributed by atoms with Gasteiger partial charge in [-0.1, -0.05) is 30.3 Å². The van der Waals surface area contributed by atoms with Crippen LogP contribution >= 0.6 is 0 Å². The van der Waals surface area contributed by atoms with Crippen LogP contribution in [0.5, 0.6) is 0 Å². The predicted molar refractivity (Wildman–Crippen MR) is 106 cm³/mol. The Kier molecular flexibility index (Phi) is 7.47. The van der Waals surface area contributed by atoms with Crippen molar-refractivity contribution in [3.63, 3.8) is 0 Å². The number of nitrogen functional groups attached to an aromatic ring is 1. The van der Waals surface area contributed by atoms with Crippen molar-refractivity contribution in [1.82, 2.24) is 9.97 Å². The average molecular weight is 401 g/mol. The van der Waals surface area contributed by atoms with Crippen LogP contribution in [0.2, 0.25) is 0 Å². The molecule has 10 nitrogen and oxygen atoms in total. The van der Waals surface area contributed by atoms with E-state index in [4.69, 9.17) is 10.5 Å². The number of aldehydes is 1. The maximum atomic E-state index is 12.0. The molecule has 10 heteroatoms. The number of carbonyl (C=O) groups excluding carboxylic acids is 3. The minimum Gasteiger partial charge on any atom is -0.469 e. The van der Waals surface area contributed by atoms with Crippen LogP contribution in [-0.2, 0) is 25.6 Å². The van der Waals surface area contributed by atoms with Crippen LogP contribution in [0.3, 0.4) is 0 Å². The largest absolute Gasteiger partial charge is 0.469 e. The molecule has 1 heterocycles. The topological polar surface area (TPSA) is 137 Å². The number of esters is 2. The molecule has 1 atom stereocenters. The minimum absolute atomic E-state index is 0.0155. The number of nitrogens with two attached hydrogens (primary N) is 1. The fraction of sp³-hybridized carbons (Fsp3) is 0.316. The van der Waals surface area contributed by atoms with Crippen LogP contribution in [0, 0.1) is 0 Å². The molecule has 0 spiro atoms. The van der Waals surface area contributed by atoms with Crippen molar-refractivity contribution in [3.8, 4) is 0 Å². The molecule has 154 valence electrons. The van der Waals surface area contributed by atoms with Gasteiger partial charge in [0.05, 0.1) is 26.2 Å². The van der Waals surface area contributed by atoms with E-state index in [1.165, 1.54) is 14.2 Å². The number of anilines is 3. The highest BCUT2D eigenvalue weighted by Crippen LogP contribution is 2.25. The first-order valence-electron chi connectivity index (χ1n) is 8.68. The Hall–Kier alpha value is -3.69. The van der Waals surface area contributed by atoms with Crippen molar-refractivity contribution in [3.05, 3.63) is 41.5 Å². The Bertz CT molecular complexity index is 875. The summed E-state index contributed by atoms with van der Waals surface area (Å²) in [6, 6.07) is 8.46. The SMILES string of the molecule is COC(=O)C[C@H](Nc1nc(N)nc(N(C)Cc2ccccc2)c1C=O)C(=O)OC. The van der Waals surface area contributed by atoms with Gasteiger partial charge in [0.1, 0.15) is 17.7 Å². The Balaban J connectivity index is 2.37. The molecule has 29 heavy (non-hydrogen) atoms. The van der Waals surface area contributed by atoms with Crippen LogP contribution in [0.25, 0.3) is 0 Å². The number of methoxy groups -OCH3 is 2. The molecule has 0 aliphatic rings. The molecule has 1 aromatic carbocycles. The summed E-state index contributed by atoms with van der Waals surface area (Å²) in [5.74, 6) is -1.16. The number of nitrogens with zero attached hydrogens (tertiary/aromatic N) is 3. The molecular weight excluding hydrogens is 378 g/mol. The van der Waals surface area contributed by atoms with Crippen molar-refractivity contribution in [2.45, 2.75) is 19.0 Å². The maximum Gasteiger partial charge on any atom is 0.328 e. The summed E-state index contributed by atoms with van der Waals surface area (Å²) in [5, 5.41) is 2.75. The number of benzene rings is 1. The number of rotatable bonds is 9.